The molecule has 2 heterocycles. The summed E-state index contributed by atoms with van der Waals surface area (Å²) in [6.07, 6.45) is 7.16. The third kappa shape index (κ3) is 5.90. The van der Waals surface area contributed by atoms with Gasteiger partial charge in [-0.15, -0.1) is 0 Å². The molecule has 0 spiro atoms. The second kappa shape index (κ2) is 8.67. The molecule has 0 aliphatic carbocycles. The third-order valence-corrected chi connectivity index (χ3v) is 3.39. The van der Waals surface area contributed by atoms with Crippen LogP contribution in [0.4, 0.5) is 0 Å². The largest absolute Gasteiger partial charge is 0.370 e. The van der Waals surface area contributed by atoms with Gasteiger partial charge in [-0.3, -0.25) is 20.1 Å². The number of aryl methyl sites for hydroxylation is 1. The molecular weight excluding hydrogens is 292 g/mol. The van der Waals surface area contributed by atoms with Crippen molar-refractivity contribution in [2.75, 3.05) is 6.54 Å². The fourth-order valence-electron chi connectivity index (χ4n) is 2.17. The number of nitrogens with zero attached hydrogens (tertiary/aromatic N) is 3. The second-order valence-corrected chi connectivity index (χ2v) is 5.36. The van der Waals surface area contributed by atoms with Gasteiger partial charge in [0.15, 0.2) is 5.96 Å². The molecule has 7 nitrogen and oxygen atoms in total. The number of amides is 1. The molecule has 1 amide bonds. The van der Waals surface area contributed by atoms with E-state index in [1.54, 1.807) is 18.7 Å². The number of carbonyl (C=O) groups is 1. The zero-order chi connectivity index (χ0) is 16.5. The summed E-state index contributed by atoms with van der Waals surface area (Å²) in [6, 6.07) is 5.67. The summed E-state index contributed by atoms with van der Waals surface area (Å²) < 4.78 is 0. The number of nitrogens with two attached hydrogens (primary N) is 1. The fraction of sp³-hybridized carbons (Fsp3) is 0.375. The maximum atomic E-state index is 11.9. The summed E-state index contributed by atoms with van der Waals surface area (Å²) in [6.45, 7) is 2.51. The molecule has 2 aromatic rings. The van der Waals surface area contributed by atoms with Crippen LogP contribution in [0, 0.1) is 0 Å². The van der Waals surface area contributed by atoms with Crippen molar-refractivity contribution in [2.24, 2.45) is 10.7 Å². The van der Waals surface area contributed by atoms with Gasteiger partial charge in [0.25, 0.3) is 0 Å². The highest BCUT2D eigenvalue weighted by Gasteiger charge is 2.12. The fourth-order valence-corrected chi connectivity index (χ4v) is 2.17. The van der Waals surface area contributed by atoms with E-state index in [0.717, 1.165) is 24.2 Å². The van der Waals surface area contributed by atoms with Gasteiger partial charge < -0.3 is 10.7 Å². The average Bonchev–Trinajstić information content (AvgIpc) is 3.05. The van der Waals surface area contributed by atoms with Crippen LogP contribution in [-0.2, 0) is 11.2 Å². The number of guanidine groups is 1. The second-order valence-electron chi connectivity index (χ2n) is 5.36. The molecule has 122 valence electrons. The number of hydrogen-bond donors (Lipinski definition) is 3. The topological polar surface area (TPSA) is 109 Å². The number of aromatic nitrogens is 3. The molecule has 0 radical (unpaired) electrons. The van der Waals surface area contributed by atoms with E-state index in [9.17, 15) is 4.79 Å². The first-order valence-electron chi connectivity index (χ1n) is 7.63. The summed E-state index contributed by atoms with van der Waals surface area (Å²) >= 11 is 0. The van der Waals surface area contributed by atoms with E-state index in [0.29, 0.717) is 13.0 Å². The predicted molar refractivity (Wildman–Crippen MR) is 88.8 cm³/mol. The van der Waals surface area contributed by atoms with E-state index in [1.165, 1.54) is 0 Å². The van der Waals surface area contributed by atoms with Crippen molar-refractivity contribution < 1.29 is 4.79 Å². The van der Waals surface area contributed by atoms with Gasteiger partial charge in [0.05, 0.1) is 6.33 Å². The normalized spacial score (nSPS) is 12.8. The number of hydrogen-bond acceptors (Lipinski definition) is 4. The molecular formula is C16H22N6O. The number of aliphatic imine (C=N–C) groups is 1. The summed E-state index contributed by atoms with van der Waals surface area (Å²) in [7, 11) is 0. The van der Waals surface area contributed by atoms with Gasteiger partial charge >= 0.3 is 0 Å². The first-order chi connectivity index (χ1) is 11.1. The lowest BCUT2D eigenvalue weighted by atomic mass is 10.0. The number of rotatable bonds is 7. The van der Waals surface area contributed by atoms with Crippen molar-refractivity contribution in [2.45, 2.75) is 32.1 Å². The Morgan fingerprint density at radius 1 is 1.48 bits per heavy atom. The van der Waals surface area contributed by atoms with Crippen LogP contribution in [0.3, 0.4) is 0 Å². The summed E-state index contributed by atoms with van der Waals surface area (Å²) in [5.41, 5.74) is 7.68. The van der Waals surface area contributed by atoms with Gasteiger partial charge in [-0.05, 0) is 25.0 Å². The Morgan fingerprint density at radius 3 is 3.04 bits per heavy atom. The maximum absolute atomic E-state index is 11.9. The molecule has 0 saturated heterocycles. The molecule has 1 unspecified atom stereocenters. The van der Waals surface area contributed by atoms with Gasteiger partial charge in [0, 0.05) is 42.7 Å². The Kier molecular flexibility index (Phi) is 6.28. The Bertz CT molecular complexity index is 623. The quantitative estimate of drug-likeness (QED) is 0.407. The Morgan fingerprint density at radius 2 is 2.35 bits per heavy atom. The third-order valence-electron chi connectivity index (χ3n) is 3.39. The number of carbonyl (C=O) groups excluding carboxylic acids is 1. The summed E-state index contributed by atoms with van der Waals surface area (Å²) in [5.74, 6) is 0.0372. The van der Waals surface area contributed by atoms with Gasteiger partial charge in [0.2, 0.25) is 5.91 Å². The minimum atomic E-state index is -0.155. The number of imidazole rings is 1. The molecule has 0 bridgehead atoms. The first-order valence-corrected chi connectivity index (χ1v) is 7.63. The Hall–Kier alpha value is -2.70. The van der Waals surface area contributed by atoms with Crippen molar-refractivity contribution in [1.82, 2.24) is 20.3 Å². The molecule has 0 aromatic carbocycles. The van der Waals surface area contributed by atoms with Gasteiger partial charge in [-0.1, -0.05) is 13.0 Å². The van der Waals surface area contributed by atoms with E-state index in [-0.39, 0.29) is 17.8 Å². The van der Waals surface area contributed by atoms with E-state index >= 15 is 0 Å². The molecule has 4 N–H and O–H groups in total. The van der Waals surface area contributed by atoms with Crippen LogP contribution in [-0.4, -0.2) is 33.4 Å². The highest BCUT2D eigenvalue weighted by Crippen LogP contribution is 2.15. The van der Waals surface area contributed by atoms with Gasteiger partial charge in [-0.2, -0.15) is 0 Å². The summed E-state index contributed by atoms with van der Waals surface area (Å²) in [5, 5.41) is 2.62. The highest BCUT2D eigenvalue weighted by atomic mass is 16.1. The van der Waals surface area contributed by atoms with Crippen molar-refractivity contribution in [3.63, 3.8) is 0 Å². The van der Waals surface area contributed by atoms with E-state index < -0.39 is 0 Å². The Balaban J connectivity index is 1.70. The number of pyridine rings is 1. The zero-order valence-electron chi connectivity index (χ0n) is 13.2. The van der Waals surface area contributed by atoms with Crippen LogP contribution in [0.15, 0.2) is 41.9 Å². The highest BCUT2D eigenvalue weighted by molar-refractivity contribution is 5.96. The maximum Gasteiger partial charge on any atom is 0.227 e. The van der Waals surface area contributed by atoms with Crippen molar-refractivity contribution >= 4 is 11.9 Å². The number of nitrogens with one attached hydrogen (secondary N) is 2. The number of aromatic amines is 1. The summed E-state index contributed by atoms with van der Waals surface area (Å²) in [4.78, 5) is 27.3. The van der Waals surface area contributed by atoms with E-state index in [2.05, 4.69) is 25.3 Å². The lowest BCUT2D eigenvalue weighted by Crippen LogP contribution is -2.37. The zero-order valence-corrected chi connectivity index (χ0v) is 13.2. The molecule has 7 heteroatoms. The van der Waals surface area contributed by atoms with Gasteiger partial charge in [-0.25, -0.2) is 4.98 Å². The molecule has 0 saturated carbocycles. The van der Waals surface area contributed by atoms with Crippen molar-refractivity contribution in [3.05, 3.63) is 48.3 Å². The Labute approximate surface area is 135 Å². The monoisotopic (exact) mass is 314 g/mol. The molecule has 0 fully saturated rings. The van der Waals surface area contributed by atoms with Crippen LogP contribution in [0.5, 0.6) is 0 Å². The SMILES string of the molecule is CC(CC(=O)NC(N)=NCCCc1cnc[nH]1)c1ccccn1. The molecule has 23 heavy (non-hydrogen) atoms. The first kappa shape index (κ1) is 16.7. The minimum Gasteiger partial charge on any atom is -0.370 e. The molecule has 1 atom stereocenters. The van der Waals surface area contributed by atoms with Crippen molar-refractivity contribution in [3.8, 4) is 0 Å². The number of H-pyrrole nitrogens is 1. The lowest BCUT2D eigenvalue weighted by Gasteiger charge is -2.10. The minimum absolute atomic E-state index is 0.0318. The van der Waals surface area contributed by atoms with Crippen LogP contribution < -0.4 is 11.1 Å². The van der Waals surface area contributed by atoms with E-state index in [1.807, 2.05) is 25.1 Å². The molecule has 2 aromatic heterocycles. The van der Waals surface area contributed by atoms with Crippen LogP contribution in [0.2, 0.25) is 0 Å². The van der Waals surface area contributed by atoms with Gasteiger partial charge in [0.1, 0.15) is 0 Å². The van der Waals surface area contributed by atoms with Crippen LogP contribution in [0.25, 0.3) is 0 Å². The standard InChI is InChI=1S/C16H22N6O/c1-12(14-6-2-3-7-19-14)9-15(23)22-16(17)20-8-4-5-13-10-18-11-21-13/h2-3,6-7,10-12H,4-5,8-9H2,1H3,(H,18,21)(H3,17,20,22,23). The van der Waals surface area contributed by atoms with E-state index in [4.69, 9.17) is 5.73 Å². The molecule has 2 rings (SSSR count). The lowest BCUT2D eigenvalue weighted by molar-refractivity contribution is -0.120. The average molecular weight is 314 g/mol. The molecule has 0 aliphatic rings. The van der Waals surface area contributed by atoms with Crippen LogP contribution in [0.1, 0.15) is 37.1 Å². The predicted octanol–water partition coefficient (Wildman–Crippen LogP) is 1.36. The molecule has 0 aliphatic heterocycles. The van der Waals surface area contributed by atoms with Crippen LogP contribution >= 0.6 is 0 Å². The van der Waals surface area contributed by atoms with Crippen molar-refractivity contribution in [1.29, 1.82) is 0 Å². The smallest absolute Gasteiger partial charge is 0.227 e.